The minimum atomic E-state index is -4.49. The quantitative estimate of drug-likeness (QED) is 0.846. The summed E-state index contributed by atoms with van der Waals surface area (Å²) < 4.78 is 49.2. The first kappa shape index (κ1) is 14.8. The highest BCUT2D eigenvalue weighted by Gasteiger charge is 2.39. The molecule has 0 heterocycles. The van der Waals surface area contributed by atoms with Crippen molar-refractivity contribution in [3.63, 3.8) is 0 Å². The predicted molar refractivity (Wildman–Crippen MR) is 65.6 cm³/mol. The van der Waals surface area contributed by atoms with Crippen LogP contribution in [0.4, 0.5) is 17.6 Å². The van der Waals surface area contributed by atoms with E-state index in [9.17, 15) is 22.4 Å². The molecule has 0 aromatic heterocycles. The van der Waals surface area contributed by atoms with Crippen LogP contribution in [0, 0.1) is 5.82 Å². The first-order valence-corrected chi connectivity index (χ1v) is 6.40. The van der Waals surface area contributed by atoms with Crippen molar-refractivity contribution < 1.29 is 22.4 Å². The predicted octanol–water partition coefficient (Wildman–Crippen LogP) is 3.32. The van der Waals surface area contributed by atoms with Crippen molar-refractivity contribution in [3.8, 4) is 0 Å². The molecule has 0 bridgehead atoms. The van der Waals surface area contributed by atoms with E-state index >= 15 is 0 Å². The summed E-state index contributed by atoms with van der Waals surface area (Å²) in [5.74, 6) is -1.38. The van der Waals surface area contributed by atoms with Gasteiger partial charge in [-0.2, -0.15) is 13.2 Å². The van der Waals surface area contributed by atoms with Gasteiger partial charge in [-0.1, -0.05) is 18.6 Å². The summed E-state index contributed by atoms with van der Waals surface area (Å²) in [6.45, 7) is 0.160. The first-order valence-electron chi connectivity index (χ1n) is 6.40. The number of hydrogen-bond acceptors (Lipinski definition) is 1. The molecular weight excluding hydrogens is 274 g/mol. The Morgan fingerprint density at radius 3 is 2.25 bits per heavy atom. The van der Waals surface area contributed by atoms with Gasteiger partial charge in [-0.05, 0) is 30.5 Å². The lowest BCUT2D eigenvalue weighted by Gasteiger charge is -2.42. The van der Waals surface area contributed by atoms with Crippen LogP contribution in [0.15, 0.2) is 24.3 Å². The highest BCUT2D eigenvalue weighted by Crippen LogP contribution is 2.43. The second-order valence-electron chi connectivity index (χ2n) is 5.21. The minimum absolute atomic E-state index is 0.160. The Morgan fingerprint density at radius 2 is 1.80 bits per heavy atom. The topological polar surface area (TPSA) is 29.1 Å². The van der Waals surface area contributed by atoms with Crippen molar-refractivity contribution in [2.45, 2.75) is 37.3 Å². The van der Waals surface area contributed by atoms with E-state index in [1.54, 1.807) is 12.1 Å². The second-order valence-corrected chi connectivity index (χ2v) is 5.21. The van der Waals surface area contributed by atoms with E-state index in [0.29, 0.717) is 0 Å². The number of carbonyl (C=O) groups is 1. The van der Waals surface area contributed by atoms with E-state index in [-0.39, 0.29) is 17.8 Å². The first-order chi connectivity index (χ1) is 9.31. The molecule has 1 aliphatic rings. The zero-order valence-corrected chi connectivity index (χ0v) is 10.8. The third-order valence-electron chi connectivity index (χ3n) is 3.75. The van der Waals surface area contributed by atoms with Gasteiger partial charge in [0.15, 0.2) is 0 Å². The van der Waals surface area contributed by atoms with E-state index in [4.69, 9.17) is 0 Å². The second kappa shape index (κ2) is 5.42. The van der Waals surface area contributed by atoms with Gasteiger partial charge < -0.3 is 5.32 Å². The van der Waals surface area contributed by atoms with E-state index in [0.717, 1.165) is 24.8 Å². The molecule has 2 nitrogen and oxygen atoms in total. The number of halogens is 4. The Balaban J connectivity index is 1.98. The molecule has 1 fully saturated rings. The lowest BCUT2D eigenvalue weighted by atomic mass is 9.64. The van der Waals surface area contributed by atoms with Gasteiger partial charge in [-0.3, -0.25) is 4.79 Å². The van der Waals surface area contributed by atoms with Crippen molar-refractivity contribution in [2.75, 3.05) is 6.54 Å². The maximum atomic E-state index is 12.9. The minimum Gasteiger partial charge on any atom is -0.355 e. The zero-order chi connectivity index (χ0) is 14.8. The summed E-state index contributed by atoms with van der Waals surface area (Å²) in [4.78, 5) is 11.2. The molecule has 0 unspecified atom stereocenters. The van der Waals surface area contributed by atoms with Gasteiger partial charge in [-0.15, -0.1) is 0 Å². The molecule has 0 saturated heterocycles. The van der Waals surface area contributed by atoms with E-state index < -0.39 is 18.5 Å². The van der Waals surface area contributed by atoms with Crippen LogP contribution in [0.25, 0.3) is 0 Å². The van der Waals surface area contributed by atoms with E-state index in [1.165, 1.54) is 12.1 Å². The smallest absolute Gasteiger partial charge is 0.355 e. The Morgan fingerprint density at radius 1 is 1.20 bits per heavy atom. The van der Waals surface area contributed by atoms with Gasteiger partial charge in [0, 0.05) is 12.0 Å². The van der Waals surface area contributed by atoms with Gasteiger partial charge in [0.25, 0.3) is 0 Å². The summed E-state index contributed by atoms with van der Waals surface area (Å²) in [7, 11) is 0. The lowest BCUT2D eigenvalue weighted by Crippen LogP contribution is -2.46. The summed E-state index contributed by atoms with van der Waals surface area (Å²) in [5, 5.41) is 2.34. The molecule has 110 valence electrons. The molecule has 1 aliphatic carbocycles. The lowest BCUT2D eigenvalue weighted by molar-refractivity contribution is -0.154. The summed E-state index contributed by atoms with van der Waals surface area (Å²) in [5.41, 5.74) is 0.507. The molecule has 0 radical (unpaired) electrons. The number of carbonyl (C=O) groups excluding carboxylic acids is 1. The summed E-state index contributed by atoms with van der Waals surface area (Å²) in [6, 6.07) is 5.91. The van der Waals surface area contributed by atoms with Gasteiger partial charge in [0.05, 0.1) is 0 Å². The molecular formula is C14H15F4NO. The Labute approximate surface area is 114 Å². The SMILES string of the molecule is O=C(CC(F)(F)F)NCC1(c2ccc(F)cc2)CCC1. The maximum Gasteiger partial charge on any atom is 0.397 e. The molecule has 1 aromatic rings. The number of nitrogens with one attached hydrogen (secondary N) is 1. The molecule has 0 spiro atoms. The van der Waals surface area contributed by atoms with Gasteiger partial charge in [0.1, 0.15) is 12.2 Å². The fourth-order valence-corrected chi connectivity index (χ4v) is 2.49. The molecule has 20 heavy (non-hydrogen) atoms. The molecule has 6 heteroatoms. The highest BCUT2D eigenvalue weighted by molar-refractivity contribution is 5.76. The molecule has 0 atom stereocenters. The number of hydrogen-bond donors (Lipinski definition) is 1. The molecule has 1 amide bonds. The van der Waals surface area contributed by atoms with Gasteiger partial charge in [0.2, 0.25) is 5.91 Å². The van der Waals surface area contributed by atoms with Crippen LogP contribution >= 0.6 is 0 Å². The molecule has 1 N–H and O–H groups in total. The Hall–Kier alpha value is -1.59. The number of alkyl halides is 3. The monoisotopic (exact) mass is 289 g/mol. The normalized spacial score (nSPS) is 17.4. The third-order valence-corrected chi connectivity index (χ3v) is 3.75. The van der Waals surface area contributed by atoms with Crippen LogP contribution < -0.4 is 5.32 Å². The van der Waals surface area contributed by atoms with Crippen molar-refractivity contribution in [3.05, 3.63) is 35.6 Å². The molecule has 0 aliphatic heterocycles. The average Bonchev–Trinajstić information content (AvgIpc) is 2.27. The fraction of sp³-hybridized carbons (Fsp3) is 0.500. The molecule has 1 saturated carbocycles. The highest BCUT2D eigenvalue weighted by atomic mass is 19.4. The fourth-order valence-electron chi connectivity index (χ4n) is 2.49. The number of benzene rings is 1. The van der Waals surface area contributed by atoms with Crippen LogP contribution in [0.1, 0.15) is 31.2 Å². The Kier molecular flexibility index (Phi) is 4.01. The molecule has 1 aromatic carbocycles. The van der Waals surface area contributed by atoms with Crippen molar-refractivity contribution >= 4 is 5.91 Å². The van der Waals surface area contributed by atoms with Crippen molar-refractivity contribution in [1.29, 1.82) is 0 Å². The van der Waals surface area contributed by atoms with Gasteiger partial charge >= 0.3 is 6.18 Å². The number of amides is 1. The number of rotatable bonds is 4. The zero-order valence-electron chi connectivity index (χ0n) is 10.8. The van der Waals surface area contributed by atoms with Crippen LogP contribution in [0.3, 0.4) is 0 Å². The van der Waals surface area contributed by atoms with Crippen molar-refractivity contribution in [2.24, 2.45) is 0 Å². The standard InChI is InChI=1S/C14H15F4NO/c15-11-4-2-10(3-5-11)13(6-1-7-13)9-19-12(20)8-14(16,17)18/h2-5H,1,6-9H2,(H,19,20). The largest absolute Gasteiger partial charge is 0.397 e. The molecule has 2 rings (SSSR count). The van der Waals surface area contributed by atoms with Crippen molar-refractivity contribution in [1.82, 2.24) is 5.32 Å². The van der Waals surface area contributed by atoms with Crippen LogP contribution in [0.5, 0.6) is 0 Å². The summed E-state index contributed by atoms with van der Waals surface area (Å²) >= 11 is 0. The van der Waals surface area contributed by atoms with E-state index in [2.05, 4.69) is 5.32 Å². The van der Waals surface area contributed by atoms with Crippen LogP contribution in [0.2, 0.25) is 0 Å². The van der Waals surface area contributed by atoms with Crippen LogP contribution in [-0.2, 0) is 10.2 Å². The average molecular weight is 289 g/mol. The van der Waals surface area contributed by atoms with E-state index in [1.807, 2.05) is 0 Å². The third kappa shape index (κ3) is 3.49. The van der Waals surface area contributed by atoms with Crippen LogP contribution in [-0.4, -0.2) is 18.6 Å². The summed E-state index contributed by atoms with van der Waals surface area (Å²) in [6.07, 6.45) is -3.44. The Bertz CT molecular complexity index is 477. The van der Waals surface area contributed by atoms with Gasteiger partial charge in [-0.25, -0.2) is 4.39 Å². The maximum absolute atomic E-state index is 12.9.